The molecule has 0 fully saturated rings. The van der Waals surface area contributed by atoms with Crippen LogP contribution >= 0.6 is 0 Å². The van der Waals surface area contributed by atoms with Crippen LogP contribution in [0.2, 0.25) is 0 Å². The van der Waals surface area contributed by atoms with E-state index >= 15 is 0 Å². The van der Waals surface area contributed by atoms with Crippen molar-refractivity contribution in [1.29, 1.82) is 0 Å². The van der Waals surface area contributed by atoms with Crippen molar-refractivity contribution in [3.63, 3.8) is 0 Å². The van der Waals surface area contributed by atoms with E-state index in [2.05, 4.69) is 25.6 Å². The molecule has 0 aliphatic carbocycles. The van der Waals surface area contributed by atoms with Crippen LogP contribution in [0.25, 0.3) is 0 Å². The van der Waals surface area contributed by atoms with E-state index in [-0.39, 0.29) is 18.6 Å². The molecular weight excluding hydrogens is 363 g/mol. The van der Waals surface area contributed by atoms with Crippen molar-refractivity contribution in [1.82, 2.24) is 15.0 Å². The molecule has 2 rings (SSSR count). The Bertz CT molecular complexity index is 756. The Labute approximate surface area is 154 Å². The summed E-state index contributed by atoms with van der Waals surface area (Å²) in [6.45, 7) is 3.62. The van der Waals surface area contributed by atoms with Gasteiger partial charge in [0.25, 0.3) is 0 Å². The minimum atomic E-state index is -4.77. The molecule has 146 valence electrons. The van der Waals surface area contributed by atoms with Gasteiger partial charge in [-0.25, -0.2) is 0 Å². The highest BCUT2D eigenvalue weighted by Gasteiger charge is 2.36. The maximum absolute atomic E-state index is 13.0. The second kappa shape index (κ2) is 9.26. The first kappa shape index (κ1) is 20.6. The predicted octanol–water partition coefficient (Wildman–Crippen LogP) is 3.26. The van der Waals surface area contributed by atoms with Crippen LogP contribution in [0, 0.1) is 0 Å². The Kier molecular flexibility index (Phi) is 7.05. The zero-order valence-corrected chi connectivity index (χ0v) is 14.9. The number of alkyl halides is 3. The first-order valence-corrected chi connectivity index (χ1v) is 8.27. The van der Waals surface area contributed by atoms with Crippen LogP contribution in [-0.4, -0.2) is 33.5 Å². The Hall–Kier alpha value is -2.75. The summed E-state index contributed by atoms with van der Waals surface area (Å²) in [5.74, 6) is -2.72. The summed E-state index contributed by atoms with van der Waals surface area (Å²) in [5, 5.41) is 4.94. The molecule has 27 heavy (non-hydrogen) atoms. The number of nitrogens with zero attached hydrogens (tertiary/aromatic N) is 3. The van der Waals surface area contributed by atoms with Crippen molar-refractivity contribution < 1.29 is 22.7 Å². The fourth-order valence-electron chi connectivity index (χ4n) is 2.12. The van der Waals surface area contributed by atoms with Gasteiger partial charge in [0, 0.05) is 6.92 Å². The first-order chi connectivity index (χ1) is 12.8. The quantitative estimate of drug-likeness (QED) is 0.727. The lowest BCUT2D eigenvalue weighted by Crippen LogP contribution is -2.27. The molecule has 1 heterocycles. The Morgan fingerprint density at radius 1 is 1.15 bits per heavy atom. The fraction of sp³-hybridized carbons (Fsp3) is 0.412. The van der Waals surface area contributed by atoms with Crippen molar-refractivity contribution in [2.45, 2.75) is 39.1 Å². The molecule has 0 aliphatic rings. The van der Waals surface area contributed by atoms with Gasteiger partial charge in [-0.05, 0) is 12.0 Å². The molecule has 2 N–H and O–H groups in total. The Morgan fingerprint density at radius 2 is 1.81 bits per heavy atom. The molecule has 1 aromatic carbocycles. The molecule has 2 aromatic rings. The molecule has 7 nitrogen and oxygen atoms in total. The fourth-order valence-corrected chi connectivity index (χ4v) is 2.12. The standard InChI is InChI=1S/C17H20F3N5O2/c1-3-13(10-27-9-12-7-5-4-6-8-12)22-16-24-14(17(18,19)20)23-15(25-16)21-11(2)26/h4-8,13H,3,9-10H2,1-2H3,(H2,21,22,23,24,25,26). The average Bonchev–Trinajstić information content (AvgIpc) is 2.60. The van der Waals surface area contributed by atoms with Gasteiger partial charge in [-0.15, -0.1) is 0 Å². The third-order valence-corrected chi connectivity index (χ3v) is 3.43. The van der Waals surface area contributed by atoms with Crippen LogP contribution < -0.4 is 10.6 Å². The zero-order chi connectivity index (χ0) is 19.9. The summed E-state index contributed by atoms with van der Waals surface area (Å²) < 4.78 is 44.5. The monoisotopic (exact) mass is 383 g/mol. The molecular formula is C17H20F3N5O2. The van der Waals surface area contributed by atoms with E-state index in [1.165, 1.54) is 0 Å². The number of hydrogen-bond donors (Lipinski definition) is 2. The van der Waals surface area contributed by atoms with Crippen LogP contribution in [0.3, 0.4) is 0 Å². The van der Waals surface area contributed by atoms with E-state index in [4.69, 9.17) is 4.74 Å². The van der Waals surface area contributed by atoms with Gasteiger partial charge in [0.15, 0.2) is 0 Å². The average molecular weight is 383 g/mol. The second-order valence-corrected chi connectivity index (χ2v) is 5.74. The number of hydrogen-bond acceptors (Lipinski definition) is 6. The number of carbonyl (C=O) groups excluding carboxylic acids is 1. The highest BCUT2D eigenvalue weighted by molar-refractivity contribution is 5.86. The first-order valence-electron chi connectivity index (χ1n) is 8.27. The summed E-state index contributed by atoms with van der Waals surface area (Å²) in [6, 6.07) is 9.18. The van der Waals surface area contributed by atoms with Crippen LogP contribution in [0.5, 0.6) is 0 Å². The van der Waals surface area contributed by atoms with E-state index in [0.29, 0.717) is 13.0 Å². The number of amides is 1. The maximum Gasteiger partial charge on any atom is 0.451 e. The summed E-state index contributed by atoms with van der Waals surface area (Å²) in [7, 11) is 0. The SMILES string of the molecule is CCC(COCc1ccccc1)Nc1nc(NC(C)=O)nc(C(F)(F)F)n1. The van der Waals surface area contributed by atoms with Crippen LogP contribution in [0.15, 0.2) is 30.3 Å². The van der Waals surface area contributed by atoms with Crippen molar-refractivity contribution in [2.24, 2.45) is 0 Å². The number of carbonyl (C=O) groups is 1. The Morgan fingerprint density at radius 3 is 2.41 bits per heavy atom. The largest absolute Gasteiger partial charge is 0.451 e. The number of rotatable bonds is 8. The third kappa shape index (κ3) is 6.81. The van der Waals surface area contributed by atoms with E-state index in [0.717, 1.165) is 12.5 Å². The molecule has 10 heteroatoms. The molecule has 0 spiro atoms. The highest BCUT2D eigenvalue weighted by Crippen LogP contribution is 2.27. The third-order valence-electron chi connectivity index (χ3n) is 3.43. The number of nitrogens with one attached hydrogen (secondary N) is 2. The maximum atomic E-state index is 13.0. The van der Waals surface area contributed by atoms with Gasteiger partial charge in [-0.2, -0.15) is 28.1 Å². The minimum absolute atomic E-state index is 0.244. The van der Waals surface area contributed by atoms with Crippen LogP contribution in [0.4, 0.5) is 25.1 Å². The molecule has 0 saturated carbocycles. The lowest BCUT2D eigenvalue weighted by atomic mass is 10.2. The number of benzene rings is 1. The summed E-state index contributed by atoms with van der Waals surface area (Å²) >= 11 is 0. The topological polar surface area (TPSA) is 89.0 Å². The molecule has 0 radical (unpaired) electrons. The van der Waals surface area contributed by atoms with Gasteiger partial charge in [-0.1, -0.05) is 37.3 Å². The summed E-state index contributed by atoms with van der Waals surface area (Å²) in [4.78, 5) is 21.6. The predicted molar refractivity (Wildman–Crippen MR) is 92.9 cm³/mol. The van der Waals surface area contributed by atoms with E-state index in [9.17, 15) is 18.0 Å². The Balaban J connectivity index is 2.06. The van der Waals surface area contributed by atoms with Crippen molar-refractivity contribution in [2.75, 3.05) is 17.2 Å². The minimum Gasteiger partial charge on any atom is -0.375 e. The number of ether oxygens (including phenoxy) is 1. The van der Waals surface area contributed by atoms with Crippen LogP contribution in [0.1, 0.15) is 31.7 Å². The van der Waals surface area contributed by atoms with Crippen molar-refractivity contribution in [3.8, 4) is 0 Å². The lowest BCUT2D eigenvalue weighted by Gasteiger charge is -2.18. The lowest BCUT2D eigenvalue weighted by molar-refractivity contribution is -0.145. The number of halogens is 3. The van der Waals surface area contributed by atoms with Crippen molar-refractivity contribution in [3.05, 3.63) is 41.7 Å². The van der Waals surface area contributed by atoms with E-state index in [1.807, 2.05) is 37.3 Å². The number of anilines is 2. The van der Waals surface area contributed by atoms with Crippen LogP contribution in [-0.2, 0) is 22.3 Å². The molecule has 0 bridgehead atoms. The van der Waals surface area contributed by atoms with E-state index in [1.54, 1.807) is 0 Å². The van der Waals surface area contributed by atoms with Gasteiger partial charge in [0.05, 0.1) is 19.3 Å². The molecule has 1 aromatic heterocycles. The molecule has 1 amide bonds. The van der Waals surface area contributed by atoms with E-state index < -0.39 is 23.9 Å². The smallest absolute Gasteiger partial charge is 0.375 e. The molecule has 0 aliphatic heterocycles. The zero-order valence-electron chi connectivity index (χ0n) is 14.9. The molecule has 0 saturated heterocycles. The second-order valence-electron chi connectivity index (χ2n) is 5.74. The molecule has 1 unspecified atom stereocenters. The van der Waals surface area contributed by atoms with Gasteiger partial charge in [-0.3, -0.25) is 10.1 Å². The van der Waals surface area contributed by atoms with Gasteiger partial charge < -0.3 is 10.1 Å². The van der Waals surface area contributed by atoms with Gasteiger partial charge in [0.2, 0.25) is 23.6 Å². The molecule has 1 atom stereocenters. The number of aromatic nitrogens is 3. The van der Waals surface area contributed by atoms with Gasteiger partial charge in [0.1, 0.15) is 0 Å². The van der Waals surface area contributed by atoms with Crippen molar-refractivity contribution >= 4 is 17.8 Å². The highest BCUT2D eigenvalue weighted by atomic mass is 19.4. The normalized spacial score (nSPS) is 12.5. The summed E-state index contributed by atoms with van der Waals surface area (Å²) in [5.41, 5.74) is 0.986. The van der Waals surface area contributed by atoms with Gasteiger partial charge >= 0.3 is 6.18 Å². The summed E-state index contributed by atoms with van der Waals surface area (Å²) in [6.07, 6.45) is -4.20.